The van der Waals surface area contributed by atoms with Gasteiger partial charge >= 0.3 is 0 Å². The molecule has 10 heavy (non-hydrogen) atoms. The molecule has 0 fully saturated rings. The third-order valence-corrected chi connectivity index (χ3v) is 1.63. The maximum atomic E-state index is 10.3. The zero-order valence-corrected chi connectivity index (χ0v) is 6.29. The van der Waals surface area contributed by atoms with Gasteiger partial charge in [-0.15, -0.1) is 0 Å². The predicted molar refractivity (Wildman–Crippen MR) is 40.2 cm³/mol. The van der Waals surface area contributed by atoms with E-state index in [1.165, 1.54) is 5.56 Å². The minimum absolute atomic E-state index is 0.747. The highest BCUT2D eigenvalue weighted by molar-refractivity contribution is 5.72. The average molecular weight is 137 g/mol. The van der Waals surface area contributed by atoms with Gasteiger partial charge < -0.3 is 4.57 Å². The molecule has 2 nitrogen and oxygen atoms in total. The van der Waals surface area contributed by atoms with Crippen molar-refractivity contribution in [2.45, 2.75) is 13.3 Å². The molecule has 54 valence electrons. The zero-order valence-electron chi connectivity index (χ0n) is 6.29. The molecule has 0 amide bonds. The maximum Gasteiger partial charge on any atom is 0.166 e. The summed E-state index contributed by atoms with van der Waals surface area (Å²) in [6.07, 6.45) is 3.84. The van der Waals surface area contributed by atoms with Crippen molar-refractivity contribution in [3.8, 4) is 0 Å². The summed E-state index contributed by atoms with van der Waals surface area (Å²) in [5.41, 5.74) is 1.96. The molecule has 1 aromatic heterocycles. The van der Waals surface area contributed by atoms with Crippen molar-refractivity contribution in [2.24, 2.45) is 7.05 Å². The molecule has 0 bridgehead atoms. The standard InChI is InChI=1S/C8H11NO/c1-3-7-4-8(6-10)9(2)5-7/h4-6H,3H2,1-2H3. The molecule has 1 aromatic rings. The largest absolute Gasteiger partial charge is 0.348 e. The summed E-state index contributed by atoms with van der Waals surface area (Å²) in [7, 11) is 1.88. The van der Waals surface area contributed by atoms with E-state index in [-0.39, 0.29) is 0 Å². The van der Waals surface area contributed by atoms with Crippen LogP contribution < -0.4 is 0 Å². The number of carbonyl (C=O) groups is 1. The van der Waals surface area contributed by atoms with Crippen molar-refractivity contribution in [2.75, 3.05) is 0 Å². The van der Waals surface area contributed by atoms with Crippen LogP contribution in [0.4, 0.5) is 0 Å². The molecule has 0 N–H and O–H groups in total. The van der Waals surface area contributed by atoms with E-state index in [1.54, 1.807) is 0 Å². The van der Waals surface area contributed by atoms with E-state index >= 15 is 0 Å². The van der Waals surface area contributed by atoms with E-state index < -0.39 is 0 Å². The lowest BCUT2D eigenvalue weighted by Gasteiger charge is -1.89. The fourth-order valence-electron chi connectivity index (χ4n) is 0.963. The van der Waals surface area contributed by atoms with Crippen LogP contribution in [0.3, 0.4) is 0 Å². The topological polar surface area (TPSA) is 22.0 Å². The second-order valence-electron chi connectivity index (χ2n) is 2.36. The van der Waals surface area contributed by atoms with Crippen LogP contribution in [-0.2, 0) is 13.5 Å². The molecule has 0 saturated heterocycles. The second-order valence-corrected chi connectivity index (χ2v) is 2.36. The highest BCUT2D eigenvalue weighted by atomic mass is 16.1. The van der Waals surface area contributed by atoms with Gasteiger partial charge in [-0.1, -0.05) is 6.92 Å². The van der Waals surface area contributed by atoms with Gasteiger partial charge in [0, 0.05) is 13.2 Å². The number of nitrogens with zero attached hydrogens (tertiary/aromatic N) is 1. The molecule has 1 heterocycles. The first kappa shape index (κ1) is 7.06. The highest BCUT2D eigenvalue weighted by Gasteiger charge is 1.97. The number of carbonyl (C=O) groups excluding carboxylic acids is 1. The van der Waals surface area contributed by atoms with Crippen LogP contribution in [0.25, 0.3) is 0 Å². The Hall–Kier alpha value is -1.05. The van der Waals surface area contributed by atoms with Crippen molar-refractivity contribution in [3.63, 3.8) is 0 Å². The molecule has 0 atom stereocenters. The Morgan fingerprint density at radius 2 is 2.40 bits per heavy atom. The number of aldehydes is 1. The van der Waals surface area contributed by atoms with Crippen molar-refractivity contribution in [1.29, 1.82) is 0 Å². The van der Waals surface area contributed by atoms with Gasteiger partial charge in [-0.3, -0.25) is 4.79 Å². The maximum absolute atomic E-state index is 10.3. The number of hydrogen-bond donors (Lipinski definition) is 0. The Kier molecular flexibility index (Phi) is 1.90. The van der Waals surface area contributed by atoms with E-state index in [0.717, 1.165) is 18.4 Å². The molecule has 0 aromatic carbocycles. The molecule has 2 heteroatoms. The quantitative estimate of drug-likeness (QED) is 0.565. The summed E-state index contributed by atoms with van der Waals surface area (Å²) in [5.74, 6) is 0. The van der Waals surface area contributed by atoms with Gasteiger partial charge in [-0.25, -0.2) is 0 Å². The first-order valence-electron chi connectivity index (χ1n) is 3.38. The molecule has 0 spiro atoms. The Morgan fingerprint density at radius 3 is 2.70 bits per heavy atom. The minimum Gasteiger partial charge on any atom is -0.348 e. The van der Waals surface area contributed by atoms with Crippen molar-refractivity contribution in [1.82, 2.24) is 4.57 Å². The highest BCUT2D eigenvalue weighted by Crippen LogP contribution is 2.04. The van der Waals surface area contributed by atoms with E-state index in [0.29, 0.717) is 0 Å². The third-order valence-electron chi connectivity index (χ3n) is 1.63. The van der Waals surface area contributed by atoms with E-state index in [2.05, 4.69) is 6.92 Å². The fourth-order valence-corrected chi connectivity index (χ4v) is 0.963. The summed E-state index contributed by atoms with van der Waals surface area (Å²) < 4.78 is 1.84. The minimum atomic E-state index is 0.747. The monoisotopic (exact) mass is 137 g/mol. The van der Waals surface area contributed by atoms with Crippen LogP contribution in [0.15, 0.2) is 12.3 Å². The Morgan fingerprint density at radius 1 is 1.70 bits per heavy atom. The lowest BCUT2D eigenvalue weighted by Crippen LogP contribution is -1.90. The van der Waals surface area contributed by atoms with Gasteiger partial charge in [0.15, 0.2) is 6.29 Å². The first-order chi connectivity index (χ1) is 4.77. The van der Waals surface area contributed by atoms with E-state index in [4.69, 9.17) is 0 Å². The van der Waals surface area contributed by atoms with Gasteiger partial charge in [0.2, 0.25) is 0 Å². The first-order valence-corrected chi connectivity index (χ1v) is 3.38. The van der Waals surface area contributed by atoms with Crippen LogP contribution in [0, 0.1) is 0 Å². The lowest BCUT2D eigenvalue weighted by atomic mass is 10.2. The smallest absolute Gasteiger partial charge is 0.166 e. The fraction of sp³-hybridized carbons (Fsp3) is 0.375. The molecular formula is C8H11NO. The van der Waals surface area contributed by atoms with Crippen molar-refractivity contribution >= 4 is 6.29 Å². The molecule has 0 aliphatic carbocycles. The van der Waals surface area contributed by atoms with Crippen LogP contribution in [0.2, 0.25) is 0 Å². The SMILES string of the molecule is CCc1cc(C=O)n(C)c1. The third kappa shape index (κ3) is 1.10. The van der Waals surface area contributed by atoms with Crippen LogP contribution >= 0.6 is 0 Å². The molecule has 0 aliphatic heterocycles. The molecule has 0 radical (unpaired) electrons. The summed E-state index contributed by atoms with van der Waals surface area (Å²) in [5, 5.41) is 0. The van der Waals surface area contributed by atoms with Gasteiger partial charge in [0.05, 0.1) is 5.69 Å². The molecule has 0 unspecified atom stereocenters. The second kappa shape index (κ2) is 2.69. The lowest BCUT2D eigenvalue weighted by molar-refractivity contribution is 0.111. The Bertz CT molecular complexity index is 237. The van der Waals surface area contributed by atoms with Gasteiger partial charge in [-0.05, 0) is 18.1 Å². The van der Waals surface area contributed by atoms with Crippen LogP contribution in [0.5, 0.6) is 0 Å². The molecule has 0 saturated carbocycles. The van der Waals surface area contributed by atoms with Crippen LogP contribution in [-0.4, -0.2) is 10.9 Å². The van der Waals surface area contributed by atoms with Crippen molar-refractivity contribution in [3.05, 3.63) is 23.5 Å². The summed E-state index contributed by atoms with van der Waals surface area (Å²) in [4.78, 5) is 10.3. The normalized spacial score (nSPS) is 9.80. The van der Waals surface area contributed by atoms with Gasteiger partial charge in [0.1, 0.15) is 0 Å². The van der Waals surface area contributed by atoms with Crippen molar-refractivity contribution < 1.29 is 4.79 Å². The number of rotatable bonds is 2. The molecule has 0 aliphatic rings. The van der Waals surface area contributed by atoms with Crippen LogP contribution in [0.1, 0.15) is 23.0 Å². The number of hydrogen-bond acceptors (Lipinski definition) is 1. The van der Waals surface area contributed by atoms with Gasteiger partial charge in [-0.2, -0.15) is 0 Å². The predicted octanol–water partition coefficient (Wildman–Crippen LogP) is 1.40. The average Bonchev–Trinajstić information content (AvgIpc) is 2.30. The molecule has 1 rings (SSSR count). The number of aryl methyl sites for hydroxylation is 2. The van der Waals surface area contributed by atoms with E-state index in [1.807, 2.05) is 23.9 Å². The van der Waals surface area contributed by atoms with E-state index in [9.17, 15) is 4.79 Å². The summed E-state index contributed by atoms with van der Waals surface area (Å²) in [6, 6.07) is 1.91. The molecular weight excluding hydrogens is 126 g/mol. The summed E-state index contributed by atoms with van der Waals surface area (Å²) >= 11 is 0. The van der Waals surface area contributed by atoms with Gasteiger partial charge in [0.25, 0.3) is 0 Å². The Balaban J connectivity index is 3.03. The zero-order chi connectivity index (χ0) is 7.56. The Labute approximate surface area is 60.5 Å². The summed E-state index contributed by atoms with van der Waals surface area (Å²) in [6.45, 7) is 2.07. The number of aromatic nitrogens is 1.